The van der Waals surface area contributed by atoms with Crippen LogP contribution in [0.3, 0.4) is 0 Å². The van der Waals surface area contributed by atoms with Crippen molar-refractivity contribution in [2.75, 3.05) is 0 Å². The summed E-state index contributed by atoms with van der Waals surface area (Å²) in [5.41, 5.74) is 0.288. The molecule has 0 fully saturated rings. The molecule has 0 unspecified atom stereocenters. The van der Waals surface area contributed by atoms with Gasteiger partial charge in [0.15, 0.2) is 0 Å². The van der Waals surface area contributed by atoms with Crippen molar-refractivity contribution in [3.8, 4) is 0 Å². The van der Waals surface area contributed by atoms with E-state index >= 15 is 0 Å². The Morgan fingerprint density at radius 2 is 2.08 bits per heavy atom. The highest BCUT2D eigenvalue weighted by Crippen LogP contribution is 2.27. The van der Waals surface area contributed by atoms with E-state index in [1.165, 1.54) is 6.07 Å². The van der Waals surface area contributed by atoms with Crippen molar-refractivity contribution >= 4 is 0 Å². The van der Waals surface area contributed by atoms with Crippen molar-refractivity contribution < 1.29 is 9.50 Å². The lowest BCUT2D eigenvalue weighted by molar-refractivity contribution is 0.0520. The van der Waals surface area contributed by atoms with Gasteiger partial charge >= 0.3 is 0 Å². The van der Waals surface area contributed by atoms with Crippen LogP contribution in [0.2, 0.25) is 0 Å². The van der Waals surface area contributed by atoms with Crippen LogP contribution in [-0.2, 0) is 5.60 Å². The third kappa shape index (κ3) is 1.89. The molecule has 13 heavy (non-hydrogen) atoms. The molecular weight excluding hydrogens is 167 g/mol. The van der Waals surface area contributed by atoms with Gasteiger partial charge in [-0.2, -0.15) is 0 Å². The molecule has 0 aliphatic rings. The first kappa shape index (κ1) is 10.2. The lowest BCUT2D eigenvalue weighted by atomic mass is 9.90. The van der Waals surface area contributed by atoms with Crippen molar-refractivity contribution in [2.24, 2.45) is 0 Å². The Morgan fingerprint density at radius 3 is 2.62 bits per heavy atom. The quantitative estimate of drug-likeness (QED) is 0.745. The van der Waals surface area contributed by atoms with Gasteiger partial charge in [-0.05, 0) is 37.5 Å². The summed E-state index contributed by atoms with van der Waals surface area (Å²) in [6.45, 7) is 5.27. The normalized spacial score (nSPS) is 15.5. The first-order valence-corrected chi connectivity index (χ1v) is 4.47. The van der Waals surface area contributed by atoms with Crippen LogP contribution in [-0.4, -0.2) is 5.11 Å². The second kappa shape index (κ2) is 3.46. The Hall–Kier alpha value is -0.890. The molecule has 1 aromatic rings. The van der Waals surface area contributed by atoms with E-state index in [0.717, 1.165) is 0 Å². The minimum Gasteiger partial charge on any atom is -0.385 e. The van der Waals surface area contributed by atoms with Gasteiger partial charge in [0.1, 0.15) is 5.82 Å². The number of hydrogen-bond donors (Lipinski definition) is 1. The summed E-state index contributed by atoms with van der Waals surface area (Å²) in [6.07, 6.45) is 0.581. The highest BCUT2D eigenvalue weighted by Gasteiger charge is 2.23. The number of rotatable bonds is 2. The van der Waals surface area contributed by atoms with Gasteiger partial charge in [0.25, 0.3) is 0 Å². The molecule has 1 nitrogen and oxygen atoms in total. The average Bonchev–Trinajstić information content (AvgIpc) is 2.09. The predicted molar refractivity (Wildman–Crippen MR) is 51.0 cm³/mol. The zero-order chi connectivity index (χ0) is 10.1. The van der Waals surface area contributed by atoms with E-state index in [-0.39, 0.29) is 5.82 Å². The van der Waals surface area contributed by atoms with Gasteiger partial charge < -0.3 is 5.11 Å². The lowest BCUT2D eigenvalue weighted by Crippen LogP contribution is -2.21. The van der Waals surface area contributed by atoms with E-state index in [0.29, 0.717) is 17.5 Å². The molecule has 0 aliphatic heterocycles. The first-order chi connectivity index (χ1) is 5.99. The van der Waals surface area contributed by atoms with Crippen LogP contribution in [0.25, 0.3) is 0 Å². The smallest absolute Gasteiger partial charge is 0.126 e. The molecule has 0 amide bonds. The molecule has 0 spiro atoms. The summed E-state index contributed by atoms with van der Waals surface area (Å²) in [5.74, 6) is -0.258. The summed E-state index contributed by atoms with van der Waals surface area (Å²) in [6, 6.07) is 4.80. The number of aliphatic hydroxyl groups is 1. The van der Waals surface area contributed by atoms with E-state index in [1.807, 2.05) is 6.92 Å². The molecule has 1 atom stereocenters. The Labute approximate surface area is 78.2 Å². The molecule has 0 aliphatic carbocycles. The fourth-order valence-electron chi connectivity index (χ4n) is 1.38. The Bertz CT molecular complexity index is 305. The van der Waals surface area contributed by atoms with Gasteiger partial charge in [-0.3, -0.25) is 0 Å². The second-order valence-corrected chi connectivity index (χ2v) is 3.54. The van der Waals surface area contributed by atoms with Crippen LogP contribution in [0, 0.1) is 12.7 Å². The van der Waals surface area contributed by atoms with Crippen LogP contribution >= 0.6 is 0 Å². The Morgan fingerprint density at radius 1 is 1.46 bits per heavy atom. The topological polar surface area (TPSA) is 20.2 Å². The molecule has 72 valence electrons. The van der Waals surface area contributed by atoms with Crippen LogP contribution in [0.4, 0.5) is 4.39 Å². The zero-order valence-corrected chi connectivity index (χ0v) is 8.26. The number of hydrogen-bond acceptors (Lipinski definition) is 1. The van der Waals surface area contributed by atoms with Gasteiger partial charge in [-0.25, -0.2) is 4.39 Å². The maximum Gasteiger partial charge on any atom is 0.126 e. The molecule has 1 aromatic carbocycles. The minimum atomic E-state index is -0.924. The van der Waals surface area contributed by atoms with Gasteiger partial charge in [-0.15, -0.1) is 0 Å². The van der Waals surface area contributed by atoms with Crippen LogP contribution in [0.1, 0.15) is 31.4 Å². The SMILES string of the molecule is CC[C@](C)(O)c1cccc(F)c1C. The Balaban J connectivity index is 3.22. The van der Waals surface area contributed by atoms with Gasteiger partial charge in [-0.1, -0.05) is 19.1 Å². The lowest BCUT2D eigenvalue weighted by Gasteiger charge is -2.23. The van der Waals surface area contributed by atoms with Crippen molar-refractivity contribution in [1.82, 2.24) is 0 Å². The summed E-state index contributed by atoms with van der Waals surface area (Å²) >= 11 is 0. The van der Waals surface area contributed by atoms with Gasteiger partial charge in [0, 0.05) is 0 Å². The number of benzene rings is 1. The second-order valence-electron chi connectivity index (χ2n) is 3.54. The van der Waals surface area contributed by atoms with Crippen LogP contribution in [0.5, 0.6) is 0 Å². The molecule has 2 heteroatoms. The number of halogens is 1. The van der Waals surface area contributed by atoms with E-state index in [2.05, 4.69) is 0 Å². The van der Waals surface area contributed by atoms with Gasteiger partial charge in [0.2, 0.25) is 0 Å². The molecular formula is C11H15FO. The van der Waals surface area contributed by atoms with Crippen molar-refractivity contribution in [1.29, 1.82) is 0 Å². The fourth-order valence-corrected chi connectivity index (χ4v) is 1.38. The first-order valence-electron chi connectivity index (χ1n) is 4.47. The Kier molecular flexibility index (Phi) is 2.71. The highest BCUT2D eigenvalue weighted by molar-refractivity contribution is 5.31. The summed E-state index contributed by atoms with van der Waals surface area (Å²) in [4.78, 5) is 0. The molecule has 0 bridgehead atoms. The molecule has 1 rings (SSSR count). The average molecular weight is 182 g/mol. The maximum absolute atomic E-state index is 13.1. The standard InChI is InChI=1S/C11H15FO/c1-4-11(3,13)9-6-5-7-10(12)8(9)2/h5-7,13H,4H2,1-3H3/t11-/m0/s1. The summed E-state index contributed by atoms with van der Waals surface area (Å²) < 4.78 is 13.1. The maximum atomic E-state index is 13.1. The molecule has 0 saturated carbocycles. The third-order valence-electron chi connectivity index (χ3n) is 2.54. The van der Waals surface area contributed by atoms with Crippen LogP contribution in [0.15, 0.2) is 18.2 Å². The molecule has 0 radical (unpaired) electrons. The van der Waals surface area contributed by atoms with E-state index < -0.39 is 5.60 Å². The predicted octanol–water partition coefficient (Wildman–Crippen LogP) is 2.75. The minimum absolute atomic E-state index is 0.258. The van der Waals surface area contributed by atoms with Crippen molar-refractivity contribution in [3.63, 3.8) is 0 Å². The van der Waals surface area contributed by atoms with Gasteiger partial charge in [0.05, 0.1) is 5.60 Å². The third-order valence-corrected chi connectivity index (χ3v) is 2.54. The fraction of sp³-hybridized carbons (Fsp3) is 0.455. The molecule has 0 saturated heterocycles. The van der Waals surface area contributed by atoms with E-state index in [4.69, 9.17) is 0 Å². The van der Waals surface area contributed by atoms with Crippen LogP contribution < -0.4 is 0 Å². The molecule has 0 heterocycles. The molecule has 1 N–H and O–H groups in total. The van der Waals surface area contributed by atoms with Crippen molar-refractivity contribution in [2.45, 2.75) is 32.8 Å². The summed E-state index contributed by atoms with van der Waals surface area (Å²) in [5, 5.41) is 9.93. The van der Waals surface area contributed by atoms with E-state index in [9.17, 15) is 9.50 Å². The highest BCUT2D eigenvalue weighted by atomic mass is 19.1. The molecule has 0 aromatic heterocycles. The monoisotopic (exact) mass is 182 g/mol. The van der Waals surface area contributed by atoms with E-state index in [1.54, 1.807) is 26.0 Å². The summed E-state index contributed by atoms with van der Waals surface area (Å²) in [7, 11) is 0. The largest absolute Gasteiger partial charge is 0.385 e. The van der Waals surface area contributed by atoms with Crippen molar-refractivity contribution in [3.05, 3.63) is 35.1 Å². The zero-order valence-electron chi connectivity index (χ0n) is 8.26.